The molecule has 1 N–H and O–H groups in total. The maximum atomic E-state index is 9.18. The number of aryl methyl sites for hydroxylation is 2. The highest BCUT2D eigenvalue weighted by Gasteiger charge is 2.21. The van der Waals surface area contributed by atoms with Crippen molar-refractivity contribution in [1.29, 1.82) is 5.26 Å². The summed E-state index contributed by atoms with van der Waals surface area (Å²) in [6.07, 6.45) is 0. The summed E-state index contributed by atoms with van der Waals surface area (Å²) in [5.41, 5.74) is 3.54. The van der Waals surface area contributed by atoms with Crippen molar-refractivity contribution < 1.29 is 0 Å². The number of nitrogens with zero attached hydrogens (tertiary/aromatic N) is 1. The molecule has 0 aromatic heterocycles. The van der Waals surface area contributed by atoms with E-state index in [1.165, 1.54) is 16.7 Å². The Morgan fingerprint density at radius 2 is 1.89 bits per heavy atom. The van der Waals surface area contributed by atoms with Gasteiger partial charge in [0.1, 0.15) is 5.54 Å². The van der Waals surface area contributed by atoms with Crippen LogP contribution < -0.4 is 5.32 Å². The van der Waals surface area contributed by atoms with Crippen LogP contribution in [0.3, 0.4) is 0 Å². The van der Waals surface area contributed by atoms with Crippen LogP contribution in [0.1, 0.15) is 30.5 Å². The average Bonchev–Trinajstić information content (AvgIpc) is 2.28. The van der Waals surface area contributed by atoms with E-state index in [4.69, 9.17) is 0 Å². The third-order valence-corrected chi connectivity index (χ3v) is 4.07. The summed E-state index contributed by atoms with van der Waals surface area (Å²) in [5, 5.41) is 12.4. The normalized spacial score (nSPS) is 13.9. The molecule has 0 saturated heterocycles. The van der Waals surface area contributed by atoms with E-state index in [9.17, 15) is 5.26 Å². The van der Waals surface area contributed by atoms with E-state index in [1.54, 1.807) is 0 Å². The van der Waals surface area contributed by atoms with E-state index in [0.29, 0.717) is 0 Å². The van der Waals surface area contributed by atoms with Crippen LogP contribution in [0.2, 0.25) is 0 Å². The molecule has 0 fully saturated rings. The van der Waals surface area contributed by atoms with Gasteiger partial charge in [-0.1, -0.05) is 36.2 Å². The highest BCUT2D eigenvalue weighted by atomic mass is 32.2. The van der Waals surface area contributed by atoms with E-state index in [1.807, 2.05) is 25.6 Å². The molecule has 0 radical (unpaired) electrons. The van der Waals surface area contributed by atoms with Gasteiger partial charge in [-0.15, -0.1) is 0 Å². The number of nitrogens with one attached hydrogen (secondary N) is 1. The largest absolute Gasteiger partial charge is 0.299 e. The molecule has 0 bridgehead atoms. The van der Waals surface area contributed by atoms with Gasteiger partial charge in [0.05, 0.1) is 6.07 Å². The summed E-state index contributed by atoms with van der Waals surface area (Å²) < 4.78 is 0. The molecule has 3 heteroatoms. The lowest BCUT2D eigenvalue weighted by atomic mass is 10.1. The lowest BCUT2D eigenvalue weighted by Gasteiger charge is -2.21. The molecular formula is C15H22N2S. The molecule has 18 heavy (non-hydrogen) atoms. The Bertz CT molecular complexity index is 416. The van der Waals surface area contributed by atoms with Gasteiger partial charge < -0.3 is 0 Å². The maximum absolute atomic E-state index is 9.18. The maximum Gasteiger partial charge on any atom is 0.113 e. The monoisotopic (exact) mass is 262 g/mol. The molecule has 1 aromatic rings. The molecule has 1 unspecified atom stereocenters. The predicted octanol–water partition coefficient (Wildman–Crippen LogP) is 3.43. The number of rotatable bonds is 6. The highest BCUT2D eigenvalue weighted by molar-refractivity contribution is 7.98. The molecule has 0 saturated carbocycles. The minimum absolute atomic E-state index is 0.418. The molecule has 1 atom stereocenters. The quantitative estimate of drug-likeness (QED) is 0.853. The minimum atomic E-state index is -0.418. The van der Waals surface area contributed by atoms with Gasteiger partial charge in [-0.25, -0.2) is 0 Å². The van der Waals surface area contributed by atoms with Crippen LogP contribution in [0.25, 0.3) is 0 Å². The second kappa shape index (κ2) is 6.82. The molecule has 2 nitrogen and oxygen atoms in total. The van der Waals surface area contributed by atoms with Crippen molar-refractivity contribution in [1.82, 2.24) is 5.32 Å². The Labute approximate surface area is 115 Å². The smallest absolute Gasteiger partial charge is 0.113 e. The second-order valence-corrected chi connectivity index (χ2v) is 5.95. The second-order valence-electron chi connectivity index (χ2n) is 4.96. The van der Waals surface area contributed by atoms with Gasteiger partial charge in [0, 0.05) is 11.5 Å². The zero-order valence-electron chi connectivity index (χ0n) is 11.7. The first-order chi connectivity index (χ1) is 8.49. The SMILES string of the molecule is CCNC(C)(C#N)CSCc1cc(C)cc(C)c1. The Hall–Kier alpha value is -0.980. The number of benzene rings is 1. The van der Waals surface area contributed by atoms with Crippen molar-refractivity contribution in [3.05, 3.63) is 34.9 Å². The number of nitriles is 1. The van der Waals surface area contributed by atoms with Gasteiger partial charge >= 0.3 is 0 Å². The first kappa shape index (κ1) is 15.1. The van der Waals surface area contributed by atoms with E-state index in [0.717, 1.165) is 18.1 Å². The van der Waals surface area contributed by atoms with Gasteiger partial charge in [-0.05, 0) is 32.9 Å². The highest BCUT2D eigenvalue weighted by Crippen LogP contribution is 2.19. The molecular weight excluding hydrogens is 240 g/mol. The summed E-state index contributed by atoms with van der Waals surface area (Å²) >= 11 is 1.81. The van der Waals surface area contributed by atoms with Crippen molar-refractivity contribution in [3.8, 4) is 6.07 Å². The molecule has 1 aromatic carbocycles. The summed E-state index contributed by atoms with van der Waals surface area (Å²) in [5.74, 6) is 1.77. The number of thioether (sulfide) groups is 1. The van der Waals surface area contributed by atoms with Crippen LogP contribution in [0.15, 0.2) is 18.2 Å². The molecule has 0 aliphatic rings. The Kier molecular flexibility index (Phi) is 5.71. The van der Waals surface area contributed by atoms with Crippen LogP contribution in [0.5, 0.6) is 0 Å². The van der Waals surface area contributed by atoms with Gasteiger partial charge in [0.15, 0.2) is 0 Å². The van der Waals surface area contributed by atoms with Crippen LogP contribution >= 0.6 is 11.8 Å². The number of hydrogen-bond acceptors (Lipinski definition) is 3. The molecule has 0 amide bonds. The third-order valence-electron chi connectivity index (χ3n) is 2.75. The number of hydrogen-bond donors (Lipinski definition) is 1. The fourth-order valence-corrected chi connectivity index (χ4v) is 3.12. The van der Waals surface area contributed by atoms with Gasteiger partial charge in [-0.2, -0.15) is 17.0 Å². The van der Waals surface area contributed by atoms with Gasteiger partial charge in [0.2, 0.25) is 0 Å². The minimum Gasteiger partial charge on any atom is -0.299 e. The van der Waals surface area contributed by atoms with Gasteiger partial charge in [0.25, 0.3) is 0 Å². The van der Waals surface area contributed by atoms with Crippen LogP contribution in [-0.2, 0) is 5.75 Å². The van der Waals surface area contributed by atoms with Crippen molar-refractivity contribution in [2.45, 2.75) is 39.0 Å². The van der Waals surface area contributed by atoms with Crippen molar-refractivity contribution in [2.24, 2.45) is 0 Å². The van der Waals surface area contributed by atoms with Gasteiger partial charge in [-0.3, -0.25) is 5.32 Å². The average molecular weight is 262 g/mol. The molecule has 0 aliphatic carbocycles. The van der Waals surface area contributed by atoms with Crippen molar-refractivity contribution in [3.63, 3.8) is 0 Å². The summed E-state index contributed by atoms with van der Waals surface area (Å²) in [6, 6.07) is 8.98. The van der Waals surface area contributed by atoms with E-state index < -0.39 is 5.54 Å². The zero-order chi connectivity index (χ0) is 13.6. The lowest BCUT2D eigenvalue weighted by Crippen LogP contribution is -2.43. The zero-order valence-corrected chi connectivity index (χ0v) is 12.5. The third kappa shape index (κ3) is 4.72. The topological polar surface area (TPSA) is 35.8 Å². The van der Waals surface area contributed by atoms with E-state index in [2.05, 4.69) is 43.4 Å². The molecule has 1 rings (SSSR count). The summed E-state index contributed by atoms with van der Waals surface area (Å²) in [4.78, 5) is 0. The van der Waals surface area contributed by atoms with E-state index >= 15 is 0 Å². The summed E-state index contributed by atoms with van der Waals surface area (Å²) in [6.45, 7) is 9.07. The van der Waals surface area contributed by atoms with Crippen LogP contribution in [0.4, 0.5) is 0 Å². The lowest BCUT2D eigenvalue weighted by molar-refractivity contribution is 0.511. The Morgan fingerprint density at radius 3 is 2.39 bits per heavy atom. The summed E-state index contributed by atoms with van der Waals surface area (Å²) in [7, 11) is 0. The first-order valence-electron chi connectivity index (χ1n) is 6.30. The molecule has 0 heterocycles. The standard InChI is InChI=1S/C15H22N2S/c1-5-17-15(4,10-16)11-18-9-14-7-12(2)6-13(3)8-14/h6-8,17H,5,9,11H2,1-4H3. The molecule has 0 spiro atoms. The Balaban J connectivity index is 2.53. The van der Waals surface area contributed by atoms with Crippen LogP contribution in [-0.4, -0.2) is 17.8 Å². The fraction of sp³-hybridized carbons (Fsp3) is 0.533. The first-order valence-corrected chi connectivity index (χ1v) is 7.46. The Morgan fingerprint density at radius 1 is 1.28 bits per heavy atom. The van der Waals surface area contributed by atoms with Crippen molar-refractivity contribution in [2.75, 3.05) is 12.3 Å². The molecule has 98 valence electrons. The molecule has 0 aliphatic heterocycles. The van der Waals surface area contributed by atoms with Crippen molar-refractivity contribution >= 4 is 11.8 Å². The van der Waals surface area contributed by atoms with Crippen LogP contribution in [0, 0.1) is 25.2 Å². The fourth-order valence-electron chi connectivity index (χ4n) is 2.04. The van der Waals surface area contributed by atoms with E-state index in [-0.39, 0.29) is 0 Å². The predicted molar refractivity (Wildman–Crippen MR) is 79.8 cm³/mol.